The zero-order valence-electron chi connectivity index (χ0n) is 10.5. The first-order valence-corrected chi connectivity index (χ1v) is 5.75. The molecule has 0 radical (unpaired) electrons. The van der Waals surface area contributed by atoms with Crippen LogP contribution in [-0.4, -0.2) is 35.6 Å². The SMILES string of the molecule is CCCc1cc(C(=O)O)cc(NCC(=O)NC)n1. The number of carbonyl (C=O) groups excluding carboxylic acids is 1. The van der Waals surface area contributed by atoms with Crippen molar-refractivity contribution >= 4 is 17.7 Å². The third-order valence-electron chi connectivity index (χ3n) is 2.34. The molecule has 1 amide bonds. The van der Waals surface area contributed by atoms with Gasteiger partial charge in [-0.05, 0) is 18.6 Å². The van der Waals surface area contributed by atoms with E-state index in [9.17, 15) is 9.59 Å². The third kappa shape index (κ3) is 4.04. The lowest BCUT2D eigenvalue weighted by atomic mass is 10.1. The number of nitrogens with one attached hydrogen (secondary N) is 2. The number of carboxylic acids is 1. The van der Waals surface area contributed by atoms with Crippen LogP contribution in [0.5, 0.6) is 0 Å². The number of aromatic nitrogens is 1. The summed E-state index contributed by atoms with van der Waals surface area (Å²) in [6, 6.07) is 2.97. The first kappa shape index (κ1) is 14.0. The van der Waals surface area contributed by atoms with Crippen LogP contribution in [0.4, 0.5) is 5.82 Å². The van der Waals surface area contributed by atoms with Crippen LogP contribution in [0.15, 0.2) is 12.1 Å². The molecule has 0 fully saturated rings. The molecule has 1 aromatic heterocycles. The number of pyridine rings is 1. The highest BCUT2D eigenvalue weighted by molar-refractivity contribution is 5.89. The number of carbonyl (C=O) groups is 2. The Balaban J connectivity index is 2.88. The fourth-order valence-corrected chi connectivity index (χ4v) is 1.45. The highest BCUT2D eigenvalue weighted by Gasteiger charge is 2.08. The monoisotopic (exact) mass is 251 g/mol. The van der Waals surface area contributed by atoms with Crippen LogP contribution >= 0.6 is 0 Å². The maximum atomic E-state index is 11.1. The number of aromatic carboxylic acids is 1. The predicted octanol–water partition coefficient (Wildman–Crippen LogP) is 0.890. The van der Waals surface area contributed by atoms with E-state index in [-0.39, 0.29) is 18.0 Å². The zero-order valence-corrected chi connectivity index (χ0v) is 10.5. The van der Waals surface area contributed by atoms with Crippen molar-refractivity contribution < 1.29 is 14.7 Å². The van der Waals surface area contributed by atoms with E-state index in [1.807, 2.05) is 6.92 Å². The summed E-state index contributed by atoms with van der Waals surface area (Å²) in [5.41, 5.74) is 0.879. The molecule has 0 saturated heterocycles. The molecule has 0 aromatic carbocycles. The lowest BCUT2D eigenvalue weighted by molar-refractivity contribution is -0.118. The fraction of sp³-hybridized carbons (Fsp3) is 0.417. The van der Waals surface area contributed by atoms with E-state index < -0.39 is 5.97 Å². The highest BCUT2D eigenvalue weighted by Crippen LogP contribution is 2.12. The molecule has 0 saturated carbocycles. The Morgan fingerprint density at radius 1 is 1.39 bits per heavy atom. The molecular weight excluding hydrogens is 234 g/mol. The van der Waals surface area contributed by atoms with Crippen LogP contribution in [-0.2, 0) is 11.2 Å². The summed E-state index contributed by atoms with van der Waals surface area (Å²) in [6.07, 6.45) is 1.58. The van der Waals surface area contributed by atoms with Crippen molar-refractivity contribution in [1.29, 1.82) is 0 Å². The lowest BCUT2D eigenvalue weighted by Gasteiger charge is -2.08. The van der Waals surface area contributed by atoms with Crippen molar-refractivity contribution in [2.45, 2.75) is 19.8 Å². The van der Waals surface area contributed by atoms with Gasteiger partial charge in [0.05, 0.1) is 12.1 Å². The predicted molar refractivity (Wildman–Crippen MR) is 67.7 cm³/mol. The van der Waals surface area contributed by atoms with Crippen LogP contribution < -0.4 is 10.6 Å². The molecule has 0 atom stereocenters. The molecule has 0 aliphatic carbocycles. The number of aryl methyl sites for hydroxylation is 1. The van der Waals surface area contributed by atoms with Crippen LogP contribution in [0.1, 0.15) is 29.4 Å². The van der Waals surface area contributed by atoms with Crippen molar-refractivity contribution in [3.05, 3.63) is 23.4 Å². The number of nitrogens with zero attached hydrogens (tertiary/aromatic N) is 1. The number of amides is 1. The summed E-state index contributed by atoms with van der Waals surface area (Å²) >= 11 is 0. The van der Waals surface area contributed by atoms with Gasteiger partial charge in [-0.1, -0.05) is 13.3 Å². The smallest absolute Gasteiger partial charge is 0.335 e. The number of carboxylic acid groups (broad SMARTS) is 1. The Morgan fingerprint density at radius 2 is 2.11 bits per heavy atom. The molecule has 1 heterocycles. The first-order chi connectivity index (χ1) is 8.56. The van der Waals surface area contributed by atoms with Gasteiger partial charge in [0.2, 0.25) is 5.91 Å². The third-order valence-corrected chi connectivity index (χ3v) is 2.34. The Morgan fingerprint density at radius 3 is 2.67 bits per heavy atom. The number of rotatable bonds is 6. The van der Waals surface area contributed by atoms with E-state index in [0.717, 1.165) is 6.42 Å². The Kier molecular flexibility index (Phi) is 5.10. The Hall–Kier alpha value is -2.11. The van der Waals surface area contributed by atoms with Gasteiger partial charge in [0.25, 0.3) is 0 Å². The second kappa shape index (κ2) is 6.58. The molecular formula is C12H17N3O3. The molecule has 1 aromatic rings. The standard InChI is InChI=1S/C12H17N3O3/c1-3-4-9-5-8(12(17)18)6-10(15-9)14-7-11(16)13-2/h5-6H,3-4,7H2,1-2H3,(H,13,16)(H,14,15)(H,17,18). The summed E-state index contributed by atoms with van der Waals surface area (Å²) in [7, 11) is 1.54. The van der Waals surface area contributed by atoms with Crippen molar-refractivity contribution in [2.75, 3.05) is 18.9 Å². The first-order valence-electron chi connectivity index (χ1n) is 5.75. The average Bonchev–Trinajstić information content (AvgIpc) is 2.36. The molecule has 98 valence electrons. The Labute approximate surface area is 105 Å². The molecule has 0 aliphatic rings. The van der Waals surface area contributed by atoms with Gasteiger partial charge in [-0.15, -0.1) is 0 Å². The lowest BCUT2D eigenvalue weighted by Crippen LogP contribution is -2.26. The Bertz CT molecular complexity index is 446. The maximum Gasteiger partial charge on any atom is 0.335 e. The van der Waals surface area contributed by atoms with Crippen molar-refractivity contribution in [2.24, 2.45) is 0 Å². The van der Waals surface area contributed by atoms with Gasteiger partial charge in [-0.2, -0.15) is 0 Å². The number of hydrogen-bond acceptors (Lipinski definition) is 4. The highest BCUT2D eigenvalue weighted by atomic mass is 16.4. The zero-order chi connectivity index (χ0) is 13.5. The van der Waals surface area contributed by atoms with Crippen LogP contribution in [0.3, 0.4) is 0 Å². The molecule has 18 heavy (non-hydrogen) atoms. The van der Waals surface area contributed by atoms with Crippen LogP contribution in [0.2, 0.25) is 0 Å². The van der Waals surface area contributed by atoms with E-state index in [1.54, 1.807) is 6.07 Å². The van der Waals surface area contributed by atoms with Gasteiger partial charge in [0, 0.05) is 12.7 Å². The second-order valence-electron chi connectivity index (χ2n) is 3.81. The largest absolute Gasteiger partial charge is 0.478 e. The van der Waals surface area contributed by atoms with Gasteiger partial charge in [0.15, 0.2) is 0 Å². The maximum absolute atomic E-state index is 11.1. The molecule has 0 bridgehead atoms. The van der Waals surface area contributed by atoms with E-state index in [4.69, 9.17) is 5.11 Å². The van der Waals surface area contributed by atoms with Gasteiger partial charge in [-0.25, -0.2) is 9.78 Å². The van der Waals surface area contributed by atoms with Crippen molar-refractivity contribution in [3.63, 3.8) is 0 Å². The minimum atomic E-state index is -1.00. The van der Waals surface area contributed by atoms with E-state index in [0.29, 0.717) is 17.9 Å². The number of likely N-dealkylation sites (N-methyl/N-ethyl adjacent to an activating group) is 1. The molecule has 6 heteroatoms. The van der Waals surface area contributed by atoms with Gasteiger partial charge in [-0.3, -0.25) is 4.79 Å². The summed E-state index contributed by atoms with van der Waals surface area (Å²) in [5, 5.41) is 14.3. The molecule has 0 spiro atoms. The van der Waals surface area contributed by atoms with E-state index in [1.165, 1.54) is 13.1 Å². The summed E-state index contributed by atoms with van der Waals surface area (Å²) in [6.45, 7) is 2.06. The summed E-state index contributed by atoms with van der Waals surface area (Å²) < 4.78 is 0. The summed E-state index contributed by atoms with van der Waals surface area (Å²) in [4.78, 5) is 26.3. The number of anilines is 1. The second-order valence-corrected chi connectivity index (χ2v) is 3.81. The molecule has 3 N–H and O–H groups in total. The minimum absolute atomic E-state index is 0.0676. The quantitative estimate of drug-likeness (QED) is 0.698. The molecule has 0 aliphatic heterocycles. The van der Waals surface area contributed by atoms with Crippen LogP contribution in [0.25, 0.3) is 0 Å². The van der Waals surface area contributed by atoms with Crippen molar-refractivity contribution in [1.82, 2.24) is 10.3 Å². The minimum Gasteiger partial charge on any atom is -0.478 e. The van der Waals surface area contributed by atoms with Crippen molar-refractivity contribution in [3.8, 4) is 0 Å². The van der Waals surface area contributed by atoms with Gasteiger partial charge in [0.1, 0.15) is 5.82 Å². The average molecular weight is 251 g/mol. The van der Waals surface area contributed by atoms with E-state index >= 15 is 0 Å². The molecule has 0 unspecified atom stereocenters. The fourth-order valence-electron chi connectivity index (χ4n) is 1.45. The normalized spacial score (nSPS) is 9.89. The number of hydrogen-bond donors (Lipinski definition) is 3. The van der Waals surface area contributed by atoms with Gasteiger partial charge >= 0.3 is 5.97 Å². The van der Waals surface area contributed by atoms with E-state index in [2.05, 4.69) is 15.6 Å². The topological polar surface area (TPSA) is 91.3 Å². The molecule has 6 nitrogen and oxygen atoms in total. The van der Waals surface area contributed by atoms with Gasteiger partial charge < -0.3 is 15.7 Å². The summed E-state index contributed by atoms with van der Waals surface area (Å²) in [5.74, 6) is -0.783. The molecule has 1 rings (SSSR count). The van der Waals surface area contributed by atoms with Crippen LogP contribution in [0, 0.1) is 0 Å².